The minimum absolute atomic E-state index is 0.448. The Morgan fingerprint density at radius 1 is 1.41 bits per heavy atom. The Balaban J connectivity index is 2.31. The third kappa shape index (κ3) is 2.25. The van der Waals surface area contributed by atoms with Gasteiger partial charge < -0.3 is 5.32 Å². The van der Waals surface area contributed by atoms with Crippen LogP contribution in [0, 0.1) is 5.41 Å². The van der Waals surface area contributed by atoms with E-state index in [1.54, 1.807) is 0 Å². The molecule has 0 saturated heterocycles. The first-order chi connectivity index (χ1) is 8.23. The summed E-state index contributed by atoms with van der Waals surface area (Å²) < 4.78 is 2.03. The quantitative estimate of drug-likeness (QED) is 0.850. The lowest BCUT2D eigenvalue weighted by Crippen LogP contribution is -2.37. The first kappa shape index (κ1) is 12.6. The predicted octanol–water partition coefficient (Wildman–Crippen LogP) is 3.04. The lowest BCUT2D eigenvalue weighted by atomic mass is 9.74. The molecular formula is C14H25N3. The lowest BCUT2D eigenvalue weighted by molar-refractivity contribution is 0.181. The molecule has 96 valence electrons. The maximum absolute atomic E-state index is 4.33. The van der Waals surface area contributed by atoms with Gasteiger partial charge in [-0.2, -0.15) is 5.10 Å². The van der Waals surface area contributed by atoms with Gasteiger partial charge in [-0.05, 0) is 37.3 Å². The van der Waals surface area contributed by atoms with E-state index >= 15 is 0 Å². The van der Waals surface area contributed by atoms with E-state index in [2.05, 4.69) is 37.4 Å². The Labute approximate surface area is 105 Å². The minimum Gasteiger partial charge on any atom is -0.308 e. The van der Waals surface area contributed by atoms with Crippen molar-refractivity contribution in [1.82, 2.24) is 15.1 Å². The summed E-state index contributed by atoms with van der Waals surface area (Å²) in [5.74, 6) is 0. The number of aryl methyl sites for hydroxylation is 1. The molecule has 1 aliphatic carbocycles. The molecule has 0 aromatic carbocycles. The summed E-state index contributed by atoms with van der Waals surface area (Å²) >= 11 is 0. The van der Waals surface area contributed by atoms with Crippen LogP contribution in [0.15, 0.2) is 12.3 Å². The molecule has 1 unspecified atom stereocenters. The highest BCUT2D eigenvalue weighted by molar-refractivity contribution is 5.13. The molecule has 2 rings (SSSR count). The SMILES string of the molecule is CCNC(c1ccnn1C)C1(CC)CCCC1. The highest BCUT2D eigenvalue weighted by Gasteiger charge is 2.41. The molecule has 17 heavy (non-hydrogen) atoms. The Hall–Kier alpha value is -0.830. The molecule has 0 bridgehead atoms. The second-order valence-electron chi connectivity index (χ2n) is 5.29. The summed E-state index contributed by atoms with van der Waals surface area (Å²) in [5.41, 5.74) is 1.79. The molecule has 1 saturated carbocycles. The topological polar surface area (TPSA) is 29.9 Å². The molecule has 0 radical (unpaired) electrons. The zero-order chi connectivity index (χ0) is 12.3. The van der Waals surface area contributed by atoms with E-state index in [0.717, 1.165) is 6.54 Å². The van der Waals surface area contributed by atoms with Gasteiger partial charge in [-0.3, -0.25) is 4.68 Å². The maximum Gasteiger partial charge on any atom is 0.0555 e. The van der Waals surface area contributed by atoms with Crippen molar-refractivity contribution in [1.29, 1.82) is 0 Å². The number of nitrogens with zero attached hydrogens (tertiary/aromatic N) is 2. The fourth-order valence-corrected chi connectivity index (χ4v) is 3.43. The number of nitrogens with one attached hydrogen (secondary N) is 1. The largest absolute Gasteiger partial charge is 0.308 e. The van der Waals surface area contributed by atoms with E-state index in [9.17, 15) is 0 Å². The fraction of sp³-hybridized carbons (Fsp3) is 0.786. The monoisotopic (exact) mass is 235 g/mol. The van der Waals surface area contributed by atoms with Crippen LogP contribution in [0.1, 0.15) is 57.7 Å². The van der Waals surface area contributed by atoms with Crippen LogP contribution in [0.3, 0.4) is 0 Å². The van der Waals surface area contributed by atoms with Gasteiger partial charge in [0.2, 0.25) is 0 Å². The van der Waals surface area contributed by atoms with Crippen molar-refractivity contribution in [3.63, 3.8) is 0 Å². The van der Waals surface area contributed by atoms with Gasteiger partial charge in [-0.15, -0.1) is 0 Å². The molecule has 0 spiro atoms. The van der Waals surface area contributed by atoms with Crippen LogP contribution in [0.5, 0.6) is 0 Å². The molecule has 0 aliphatic heterocycles. The van der Waals surface area contributed by atoms with Gasteiger partial charge in [-0.1, -0.05) is 26.7 Å². The maximum atomic E-state index is 4.33. The van der Waals surface area contributed by atoms with Gasteiger partial charge in [0.1, 0.15) is 0 Å². The molecule has 3 nitrogen and oxygen atoms in total. The van der Waals surface area contributed by atoms with E-state index in [4.69, 9.17) is 0 Å². The van der Waals surface area contributed by atoms with Crippen LogP contribution in [0.4, 0.5) is 0 Å². The average Bonchev–Trinajstić information content (AvgIpc) is 2.96. The first-order valence-corrected chi connectivity index (χ1v) is 6.95. The number of hydrogen-bond donors (Lipinski definition) is 1. The summed E-state index contributed by atoms with van der Waals surface area (Å²) in [5, 5.41) is 8.03. The summed E-state index contributed by atoms with van der Waals surface area (Å²) in [7, 11) is 2.05. The summed E-state index contributed by atoms with van der Waals surface area (Å²) in [6.45, 7) is 5.56. The van der Waals surface area contributed by atoms with E-state index < -0.39 is 0 Å². The summed E-state index contributed by atoms with van der Waals surface area (Å²) in [6, 6.07) is 2.63. The van der Waals surface area contributed by atoms with E-state index in [-0.39, 0.29) is 0 Å². The molecule has 0 amide bonds. The van der Waals surface area contributed by atoms with Crippen molar-refractivity contribution in [3.8, 4) is 0 Å². The van der Waals surface area contributed by atoms with Gasteiger partial charge in [0.05, 0.1) is 11.7 Å². The minimum atomic E-state index is 0.448. The number of rotatable bonds is 5. The first-order valence-electron chi connectivity index (χ1n) is 6.95. The summed E-state index contributed by atoms with van der Waals surface area (Å²) in [4.78, 5) is 0. The molecule has 1 fully saturated rings. The van der Waals surface area contributed by atoms with Gasteiger partial charge in [0, 0.05) is 13.2 Å². The lowest BCUT2D eigenvalue weighted by Gasteiger charge is -2.37. The van der Waals surface area contributed by atoms with Gasteiger partial charge in [0.25, 0.3) is 0 Å². The molecule has 1 aliphatic rings. The van der Waals surface area contributed by atoms with Crippen molar-refractivity contribution in [2.45, 2.75) is 52.0 Å². The van der Waals surface area contributed by atoms with Crippen molar-refractivity contribution in [2.24, 2.45) is 12.5 Å². The zero-order valence-electron chi connectivity index (χ0n) is 11.4. The number of aromatic nitrogens is 2. The Bertz CT molecular complexity index is 350. The Kier molecular flexibility index (Phi) is 3.87. The molecule has 3 heteroatoms. The van der Waals surface area contributed by atoms with Crippen LogP contribution >= 0.6 is 0 Å². The summed E-state index contributed by atoms with van der Waals surface area (Å²) in [6.07, 6.45) is 8.65. The Morgan fingerprint density at radius 3 is 2.59 bits per heavy atom. The Morgan fingerprint density at radius 2 is 2.12 bits per heavy atom. The van der Waals surface area contributed by atoms with Crippen molar-refractivity contribution in [3.05, 3.63) is 18.0 Å². The molecular weight excluding hydrogens is 210 g/mol. The van der Waals surface area contributed by atoms with Crippen LogP contribution in [-0.4, -0.2) is 16.3 Å². The number of hydrogen-bond acceptors (Lipinski definition) is 2. The molecule has 1 aromatic rings. The third-order valence-electron chi connectivity index (χ3n) is 4.48. The van der Waals surface area contributed by atoms with Crippen molar-refractivity contribution in [2.75, 3.05) is 6.54 Å². The normalized spacial score (nSPS) is 20.6. The van der Waals surface area contributed by atoms with Crippen molar-refractivity contribution < 1.29 is 0 Å². The molecule has 1 atom stereocenters. The van der Waals surface area contributed by atoms with E-state index in [1.807, 2.05) is 10.9 Å². The molecule has 1 aromatic heterocycles. The van der Waals surface area contributed by atoms with Crippen molar-refractivity contribution >= 4 is 0 Å². The van der Waals surface area contributed by atoms with E-state index in [0.29, 0.717) is 11.5 Å². The van der Waals surface area contributed by atoms with E-state index in [1.165, 1.54) is 37.8 Å². The second-order valence-corrected chi connectivity index (χ2v) is 5.29. The average molecular weight is 235 g/mol. The van der Waals surface area contributed by atoms with Gasteiger partial charge >= 0.3 is 0 Å². The predicted molar refractivity (Wildman–Crippen MR) is 70.8 cm³/mol. The highest BCUT2D eigenvalue weighted by Crippen LogP contribution is 2.49. The highest BCUT2D eigenvalue weighted by atomic mass is 15.3. The zero-order valence-corrected chi connectivity index (χ0v) is 11.4. The molecule has 1 heterocycles. The van der Waals surface area contributed by atoms with Crippen LogP contribution in [0.25, 0.3) is 0 Å². The van der Waals surface area contributed by atoms with Crippen LogP contribution in [-0.2, 0) is 7.05 Å². The standard InChI is InChI=1S/C14H25N3/c1-4-14(9-6-7-10-14)13(15-5-2)12-8-11-16-17(12)3/h8,11,13,15H,4-7,9-10H2,1-3H3. The van der Waals surface area contributed by atoms with Crippen LogP contribution in [0.2, 0.25) is 0 Å². The molecule has 1 N–H and O–H groups in total. The van der Waals surface area contributed by atoms with Gasteiger partial charge in [0.15, 0.2) is 0 Å². The third-order valence-corrected chi connectivity index (χ3v) is 4.48. The van der Waals surface area contributed by atoms with Gasteiger partial charge in [-0.25, -0.2) is 0 Å². The van der Waals surface area contributed by atoms with Crippen LogP contribution < -0.4 is 5.32 Å². The fourth-order valence-electron chi connectivity index (χ4n) is 3.43. The smallest absolute Gasteiger partial charge is 0.0555 e. The second kappa shape index (κ2) is 5.21.